The van der Waals surface area contributed by atoms with Crippen molar-refractivity contribution in [3.63, 3.8) is 0 Å². The number of carbonyl (C=O) groups is 1. The third-order valence-electron chi connectivity index (χ3n) is 4.40. The fraction of sp³-hybridized carbons (Fsp3) is 0.0455. The van der Waals surface area contributed by atoms with Crippen molar-refractivity contribution >= 4 is 40.8 Å². The Bertz CT molecular complexity index is 1220. The van der Waals surface area contributed by atoms with Gasteiger partial charge in [-0.1, -0.05) is 12.1 Å². The van der Waals surface area contributed by atoms with Crippen LogP contribution < -0.4 is 0 Å². The zero-order valence-electron chi connectivity index (χ0n) is 16.4. The van der Waals surface area contributed by atoms with E-state index in [1.165, 1.54) is 41.6 Å². The van der Waals surface area contributed by atoms with Crippen LogP contribution in [0.5, 0.6) is 0 Å². The molecule has 10 heteroatoms. The van der Waals surface area contributed by atoms with Crippen LogP contribution in [0.3, 0.4) is 0 Å². The van der Waals surface area contributed by atoms with Gasteiger partial charge in [0.2, 0.25) is 0 Å². The zero-order valence-corrected chi connectivity index (χ0v) is 17.2. The van der Waals surface area contributed by atoms with Crippen molar-refractivity contribution in [3.05, 3.63) is 105 Å². The Labute approximate surface area is 185 Å². The summed E-state index contributed by atoms with van der Waals surface area (Å²) in [4.78, 5) is 25.1. The minimum atomic E-state index is -0.483. The molecule has 32 heavy (non-hydrogen) atoms. The van der Waals surface area contributed by atoms with Crippen LogP contribution >= 0.6 is 11.8 Å². The molecule has 0 aliphatic carbocycles. The number of nitro groups is 1. The Kier molecular flexibility index (Phi) is 6.22. The van der Waals surface area contributed by atoms with E-state index in [1.54, 1.807) is 42.5 Å². The molecule has 0 bridgehead atoms. The number of non-ortho nitro benzene ring substituents is 1. The molecule has 0 N–H and O–H groups in total. The van der Waals surface area contributed by atoms with Crippen molar-refractivity contribution in [2.45, 2.75) is 6.54 Å². The summed E-state index contributed by atoms with van der Waals surface area (Å²) in [6.45, 7) is 0.172. The van der Waals surface area contributed by atoms with Gasteiger partial charge in [0.1, 0.15) is 11.6 Å². The second kappa shape index (κ2) is 9.40. The Hall–Kier alpha value is -4.05. The minimum absolute atomic E-state index is 0.0226. The summed E-state index contributed by atoms with van der Waals surface area (Å²) in [5.41, 5.74) is 1.27. The fourth-order valence-corrected chi connectivity index (χ4v) is 3.75. The number of benzene rings is 2. The topological polar surface area (TPSA) is 101 Å². The van der Waals surface area contributed by atoms with Gasteiger partial charge in [-0.15, -0.1) is 5.10 Å². The first-order valence-electron chi connectivity index (χ1n) is 9.34. The molecule has 0 radical (unpaired) electrons. The summed E-state index contributed by atoms with van der Waals surface area (Å²) in [5, 5.41) is 19.3. The van der Waals surface area contributed by atoms with Crippen molar-refractivity contribution in [3.8, 4) is 0 Å². The monoisotopic (exact) mass is 450 g/mol. The number of halogens is 1. The number of amides is 1. The van der Waals surface area contributed by atoms with Crippen LogP contribution in [-0.4, -0.2) is 27.1 Å². The molecule has 0 saturated carbocycles. The predicted octanol–water partition coefficient (Wildman–Crippen LogP) is 4.83. The third-order valence-corrected chi connectivity index (χ3v) is 5.40. The molecular formula is C22H15FN4O4S. The standard InChI is InChI=1S/C22H15FN4O4S/c23-17-7-3-15(4-8-17)12-20-21(28)26(14-19-2-1-11-31-19)22(32-20)25-24-13-16-5-9-18(10-6-16)27(29)30/h1-13H,14H2/b20-12-,24-13+,25-22-. The second-order valence-corrected chi connectivity index (χ2v) is 7.62. The molecular weight excluding hydrogens is 435 g/mol. The van der Waals surface area contributed by atoms with Crippen LogP contribution in [0.4, 0.5) is 10.1 Å². The molecule has 0 atom stereocenters. The molecule has 1 aliphatic rings. The largest absolute Gasteiger partial charge is 0.467 e. The van der Waals surface area contributed by atoms with Gasteiger partial charge in [-0.25, -0.2) is 4.39 Å². The van der Waals surface area contributed by atoms with Gasteiger partial charge in [-0.2, -0.15) is 5.10 Å². The van der Waals surface area contributed by atoms with Gasteiger partial charge in [0.25, 0.3) is 11.6 Å². The highest BCUT2D eigenvalue weighted by Gasteiger charge is 2.34. The smallest absolute Gasteiger partial charge is 0.269 e. The number of carbonyl (C=O) groups excluding carboxylic acids is 1. The van der Waals surface area contributed by atoms with E-state index < -0.39 is 4.92 Å². The molecule has 1 saturated heterocycles. The van der Waals surface area contributed by atoms with Gasteiger partial charge in [-0.3, -0.25) is 19.8 Å². The average Bonchev–Trinajstić information content (AvgIpc) is 3.40. The van der Waals surface area contributed by atoms with Gasteiger partial charge in [0.05, 0.1) is 28.9 Å². The summed E-state index contributed by atoms with van der Waals surface area (Å²) in [6, 6.07) is 15.1. The van der Waals surface area contributed by atoms with Gasteiger partial charge >= 0.3 is 0 Å². The lowest BCUT2D eigenvalue weighted by Gasteiger charge is -2.12. The maximum Gasteiger partial charge on any atom is 0.269 e. The third kappa shape index (κ3) is 4.98. The van der Waals surface area contributed by atoms with E-state index in [4.69, 9.17) is 4.42 Å². The molecule has 4 rings (SSSR count). The highest BCUT2D eigenvalue weighted by molar-refractivity contribution is 8.18. The molecule has 0 unspecified atom stereocenters. The van der Waals surface area contributed by atoms with Gasteiger partial charge in [0.15, 0.2) is 5.17 Å². The summed E-state index contributed by atoms with van der Waals surface area (Å²) < 4.78 is 18.5. The minimum Gasteiger partial charge on any atom is -0.467 e. The molecule has 160 valence electrons. The fourth-order valence-electron chi connectivity index (χ4n) is 2.82. The highest BCUT2D eigenvalue weighted by atomic mass is 32.2. The second-order valence-electron chi connectivity index (χ2n) is 6.61. The predicted molar refractivity (Wildman–Crippen MR) is 119 cm³/mol. The first-order chi connectivity index (χ1) is 15.5. The lowest BCUT2D eigenvalue weighted by molar-refractivity contribution is -0.384. The Morgan fingerprint density at radius 1 is 1.09 bits per heavy atom. The SMILES string of the molecule is O=C1/C(=C/c2ccc(F)cc2)S/C(=N\N=C\c2ccc([N+](=O)[O-])cc2)N1Cc1ccco1. The van der Waals surface area contributed by atoms with E-state index in [-0.39, 0.29) is 24.0 Å². The van der Waals surface area contributed by atoms with Gasteiger partial charge < -0.3 is 4.42 Å². The Morgan fingerprint density at radius 3 is 2.47 bits per heavy atom. The first kappa shape index (κ1) is 21.2. The molecule has 2 aromatic carbocycles. The number of hydrogen-bond acceptors (Lipinski definition) is 7. The number of nitrogens with zero attached hydrogens (tertiary/aromatic N) is 4. The van der Waals surface area contributed by atoms with E-state index in [2.05, 4.69) is 10.2 Å². The van der Waals surface area contributed by atoms with Crippen LogP contribution in [0.2, 0.25) is 0 Å². The molecule has 1 amide bonds. The lowest BCUT2D eigenvalue weighted by atomic mass is 10.2. The number of furan rings is 1. The number of hydrogen-bond donors (Lipinski definition) is 0. The number of rotatable bonds is 6. The first-order valence-corrected chi connectivity index (χ1v) is 10.2. The quantitative estimate of drug-likeness (QED) is 0.232. The summed E-state index contributed by atoms with van der Waals surface area (Å²) in [5.74, 6) is -0.0612. The molecule has 1 aliphatic heterocycles. The maximum atomic E-state index is 13.2. The zero-order chi connectivity index (χ0) is 22.5. The van der Waals surface area contributed by atoms with E-state index in [0.29, 0.717) is 27.0 Å². The van der Waals surface area contributed by atoms with Crippen molar-refractivity contribution in [2.24, 2.45) is 10.2 Å². The molecule has 3 aromatic rings. The van der Waals surface area contributed by atoms with E-state index >= 15 is 0 Å². The van der Waals surface area contributed by atoms with Crippen molar-refractivity contribution in [2.75, 3.05) is 0 Å². The van der Waals surface area contributed by atoms with Crippen molar-refractivity contribution in [1.29, 1.82) is 0 Å². The number of thioether (sulfide) groups is 1. The van der Waals surface area contributed by atoms with Crippen LogP contribution in [0.1, 0.15) is 16.9 Å². The molecule has 1 aromatic heterocycles. The van der Waals surface area contributed by atoms with Crippen LogP contribution in [0.15, 0.2) is 86.5 Å². The van der Waals surface area contributed by atoms with Crippen LogP contribution in [-0.2, 0) is 11.3 Å². The van der Waals surface area contributed by atoms with E-state index in [9.17, 15) is 19.3 Å². The van der Waals surface area contributed by atoms with Crippen LogP contribution in [0.25, 0.3) is 6.08 Å². The number of nitro benzene ring substituents is 1. The van der Waals surface area contributed by atoms with Gasteiger partial charge in [0, 0.05) is 12.1 Å². The molecule has 1 fully saturated rings. The normalized spacial score (nSPS) is 16.5. The Morgan fingerprint density at radius 2 is 1.81 bits per heavy atom. The van der Waals surface area contributed by atoms with Crippen molar-refractivity contribution < 1.29 is 18.5 Å². The molecule has 2 heterocycles. The van der Waals surface area contributed by atoms with Gasteiger partial charge in [-0.05, 0) is 65.4 Å². The van der Waals surface area contributed by atoms with Crippen LogP contribution in [0, 0.1) is 15.9 Å². The van der Waals surface area contributed by atoms with E-state index in [0.717, 1.165) is 11.8 Å². The highest BCUT2D eigenvalue weighted by Crippen LogP contribution is 2.33. The molecule has 0 spiro atoms. The number of amidine groups is 1. The summed E-state index contributed by atoms with van der Waals surface area (Å²) >= 11 is 1.14. The maximum absolute atomic E-state index is 13.2. The summed E-state index contributed by atoms with van der Waals surface area (Å²) in [6.07, 6.45) is 4.61. The lowest BCUT2D eigenvalue weighted by Crippen LogP contribution is -2.28. The van der Waals surface area contributed by atoms with E-state index in [1.807, 2.05) is 0 Å². The average molecular weight is 450 g/mol. The Balaban J connectivity index is 1.58. The van der Waals surface area contributed by atoms with Crippen molar-refractivity contribution in [1.82, 2.24) is 4.90 Å². The molecule has 8 nitrogen and oxygen atoms in total. The summed E-state index contributed by atoms with van der Waals surface area (Å²) in [7, 11) is 0.